The molecule has 2 rings (SSSR count). The van der Waals surface area contributed by atoms with Crippen LogP contribution < -0.4 is 5.32 Å². The highest BCUT2D eigenvalue weighted by molar-refractivity contribution is 9.10. The highest BCUT2D eigenvalue weighted by Gasteiger charge is 2.16. The Labute approximate surface area is 117 Å². The van der Waals surface area contributed by atoms with E-state index < -0.39 is 0 Å². The van der Waals surface area contributed by atoms with E-state index >= 15 is 0 Å². The molecule has 0 spiro atoms. The van der Waals surface area contributed by atoms with Crippen molar-refractivity contribution in [1.29, 1.82) is 0 Å². The van der Waals surface area contributed by atoms with Crippen LogP contribution in [0.25, 0.3) is 0 Å². The molecule has 0 radical (unpaired) electrons. The summed E-state index contributed by atoms with van der Waals surface area (Å²) in [6.07, 6.45) is 11.6. The summed E-state index contributed by atoms with van der Waals surface area (Å²) in [5.74, 6) is 0.675. The number of amides is 1. The molecule has 1 aliphatic rings. The second-order valence-corrected chi connectivity index (χ2v) is 5.92. The molecule has 0 bridgehead atoms. The van der Waals surface area contributed by atoms with E-state index in [1.165, 1.54) is 38.5 Å². The number of rotatable bonds is 3. The van der Waals surface area contributed by atoms with Crippen molar-refractivity contribution in [1.82, 2.24) is 4.98 Å². The lowest BCUT2D eigenvalue weighted by Crippen LogP contribution is -2.16. The summed E-state index contributed by atoms with van der Waals surface area (Å²) in [5, 5.41) is 2.92. The van der Waals surface area contributed by atoms with Gasteiger partial charge in [0.2, 0.25) is 5.91 Å². The number of halogens is 1. The van der Waals surface area contributed by atoms with Crippen LogP contribution in [0.5, 0.6) is 0 Å². The average Bonchev–Trinajstić information content (AvgIpc) is 2.57. The van der Waals surface area contributed by atoms with Crippen LogP contribution in [-0.2, 0) is 4.79 Å². The topological polar surface area (TPSA) is 42.0 Å². The summed E-state index contributed by atoms with van der Waals surface area (Å²) in [6.45, 7) is 0. The van der Waals surface area contributed by atoms with Crippen molar-refractivity contribution in [2.45, 2.75) is 44.9 Å². The number of aromatic nitrogens is 1. The average molecular weight is 311 g/mol. The molecule has 1 heterocycles. The third kappa shape index (κ3) is 4.41. The van der Waals surface area contributed by atoms with Crippen LogP contribution >= 0.6 is 15.9 Å². The highest BCUT2D eigenvalue weighted by atomic mass is 79.9. The van der Waals surface area contributed by atoms with Gasteiger partial charge in [0.25, 0.3) is 0 Å². The molecule has 4 heteroatoms. The Hall–Kier alpha value is -0.900. The van der Waals surface area contributed by atoms with E-state index in [-0.39, 0.29) is 5.91 Å². The second kappa shape index (κ2) is 6.88. The lowest BCUT2D eigenvalue weighted by Gasteiger charge is -2.13. The number of pyridine rings is 1. The summed E-state index contributed by atoms with van der Waals surface area (Å²) in [7, 11) is 0. The molecule has 1 fully saturated rings. The van der Waals surface area contributed by atoms with E-state index in [4.69, 9.17) is 0 Å². The van der Waals surface area contributed by atoms with Gasteiger partial charge in [0.05, 0.1) is 11.9 Å². The van der Waals surface area contributed by atoms with Crippen molar-refractivity contribution in [3.63, 3.8) is 0 Å². The summed E-state index contributed by atoms with van der Waals surface area (Å²) >= 11 is 3.35. The van der Waals surface area contributed by atoms with Crippen LogP contribution in [0.4, 0.5) is 5.69 Å². The molecule has 98 valence electrons. The largest absolute Gasteiger partial charge is 0.325 e. The van der Waals surface area contributed by atoms with E-state index in [1.54, 1.807) is 12.4 Å². The summed E-state index contributed by atoms with van der Waals surface area (Å²) < 4.78 is 0.884. The molecular weight excluding hydrogens is 292 g/mol. The number of nitrogens with zero attached hydrogens (tertiary/aromatic N) is 1. The van der Waals surface area contributed by atoms with E-state index in [2.05, 4.69) is 26.2 Å². The van der Waals surface area contributed by atoms with E-state index in [9.17, 15) is 4.79 Å². The van der Waals surface area contributed by atoms with Gasteiger partial charge in [-0.25, -0.2) is 0 Å². The number of anilines is 1. The third-order valence-electron chi connectivity index (χ3n) is 3.44. The molecule has 0 saturated heterocycles. The molecule has 3 nitrogen and oxygen atoms in total. The second-order valence-electron chi connectivity index (χ2n) is 5.00. The lowest BCUT2D eigenvalue weighted by atomic mass is 9.96. The number of carbonyl (C=O) groups excluding carboxylic acids is 1. The van der Waals surface area contributed by atoms with Gasteiger partial charge >= 0.3 is 0 Å². The monoisotopic (exact) mass is 310 g/mol. The van der Waals surface area contributed by atoms with Crippen molar-refractivity contribution < 1.29 is 4.79 Å². The first kappa shape index (κ1) is 13.5. The smallest absolute Gasteiger partial charge is 0.224 e. The normalized spacial score (nSPS) is 17.2. The molecule has 0 atom stereocenters. The molecule has 18 heavy (non-hydrogen) atoms. The maximum atomic E-state index is 12.0. The van der Waals surface area contributed by atoms with Gasteiger partial charge < -0.3 is 5.32 Å². The molecule has 0 unspecified atom stereocenters. The van der Waals surface area contributed by atoms with Crippen LogP contribution in [0.15, 0.2) is 22.9 Å². The minimum absolute atomic E-state index is 0.113. The molecule has 1 aliphatic carbocycles. The third-order valence-corrected chi connectivity index (χ3v) is 3.87. The Morgan fingerprint density at radius 3 is 2.67 bits per heavy atom. The van der Waals surface area contributed by atoms with Crippen molar-refractivity contribution in [3.8, 4) is 0 Å². The predicted molar refractivity (Wildman–Crippen MR) is 76.4 cm³/mol. The SMILES string of the molecule is O=C(CC1CCCCCC1)Nc1cncc(Br)c1. The van der Waals surface area contributed by atoms with Gasteiger partial charge in [-0.15, -0.1) is 0 Å². The van der Waals surface area contributed by atoms with Gasteiger partial charge in [0, 0.05) is 17.1 Å². The number of hydrogen-bond acceptors (Lipinski definition) is 2. The van der Waals surface area contributed by atoms with Crippen LogP contribution in [-0.4, -0.2) is 10.9 Å². The first-order valence-electron chi connectivity index (χ1n) is 6.64. The highest BCUT2D eigenvalue weighted by Crippen LogP contribution is 2.25. The van der Waals surface area contributed by atoms with Gasteiger partial charge in [-0.1, -0.05) is 25.7 Å². The summed E-state index contributed by atoms with van der Waals surface area (Å²) in [4.78, 5) is 16.0. The predicted octanol–water partition coefficient (Wildman–Crippen LogP) is 4.14. The van der Waals surface area contributed by atoms with Crippen LogP contribution in [0.2, 0.25) is 0 Å². The fourth-order valence-corrected chi connectivity index (χ4v) is 2.89. The van der Waals surface area contributed by atoms with E-state index in [0.29, 0.717) is 12.3 Å². The zero-order valence-corrected chi connectivity index (χ0v) is 12.1. The summed E-state index contributed by atoms with van der Waals surface area (Å²) in [5.41, 5.74) is 0.767. The van der Waals surface area contributed by atoms with Crippen molar-refractivity contribution in [3.05, 3.63) is 22.9 Å². The Bertz CT molecular complexity index is 401. The molecule has 0 aromatic carbocycles. The van der Waals surface area contributed by atoms with Gasteiger partial charge in [-0.3, -0.25) is 9.78 Å². The molecular formula is C14H19BrN2O. The Balaban J connectivity index is 1.84. The van der Waals surface area contributed by atoms with Crippen LogP contribution in [0.3, 0.4) is 0 Å². The zero-order chi connectivity index (χ0) is 12.8. The Kier molecular flexibility index (Phi) is 5.17. The quantitative estimate of drug-likeness (QED) is 0.852. The Morgan fingerprint density at radius 2 is 2.00 bits per heavy atom. The van der Waals surface area contributed by atoms with E-state index in [1.807, 2.05) is 6.07 Å². The first-order valence-corrected chi connectivity index (χ1v) is 7.44. The Morgan fingerprint density at radius 1 is 1.28 bits per heavy atom. The number of carbonyl (C=O) groups is 1. The number of nitrogens with one attached hydrogen (secondary N) is 1. The molecule has 1 N–H and O–H groups in total. The van der Waals surface area contributed by atoms with E-state index in [0.717, 1.165) is 10.2 Å². The maximum Gasteiger partial charge on any atom is 0.224 e. The summed E-state index contributed by atoms with van der Waals surface area (Å²) in [6, 6.07) is 1.87. The maximum absolute atomic E-state index is 12.0. The lowest BCUT2D eigenvalue weighted by molar-refractivity contribution is -0.117. The van der Waals surface area contributed by atoms with Crippen LogP contribution in [0, 0.1) is 5.92 Å². The minimum atomic E-state index is 0.113. The van der Waals surface area contributed by atoms with Crippen molar-refractivity contribution >= 4 is 27.5 Å². The van der Waals surface area contributed by atoms with Crippen molar-refractivity contribution in [2.24, 2.45) is 5.92 Å². The zero-order valence-electron chi connectivity index (χ0n) is 10.5. The molecule has 0 aliphatic heterocycles. The van der Waals surface area contributed by atoms with Crippen molar-refractivity contribution in [2.75, 3.05) is 5.32 Å². The first-order chi connectivity index (χ1) is 8.74. The van der Waals surface area contributed by atoms with Gasteiger partial charge in [0.1, 0.15) is 0 Å². The van der Waals surface area contributed by atoms with Gasteiger partial charge in [-0.05, 0) is 40.8 Å². The minimum Gasteiger partial charge on any atom is -0.325 e. The van der Waals surface area contributed by atoms with Gasteiger partial charge in [-0.2, -0.15) is 0 Å². The fraction of sp³-hybridized carbons (Fsp3) is 0.571. The molecule has 1 aromatic rings. The van der Waals surface area contributed by atoms with Crippen LogP contribution in [0.1, 0.15) is 44.9 Å². The molecule has 1 aromatic heterocycles. The fourth-order valence-electron chi connectivity index (χ4n) is 2.52. The van der Waals surface area contributed by atoms with Gasteiger partial charge in [0.15, 0.2) is 0 Å². The standard InChI is InChI=1S/C14H19BrN2O/c15-12-8-13(10-16-9-12)17-14(18)7-11-5-3-1-2-4-6-11/h8-11H,1-7H2,(H,17,18). The number of hydrogen-bond donors (Lipinski definition) is 1. The molecule has 1 saturated carbocycles. The molecule has 1 amide bonds.